The van der Waals surface area contributed by atoms with E-state index in [9.17, 15) is 9.90 Å². The molecule has 0 saturated heterocycles. The molecule has 0 saturated carbocycles. The van der Waals surface area contributed by atoms with Gasteiger partial charge in [0.1, 0.15) is 0 Å². The van der Waals surface area contributed by atoms with E-state index in [1.165, 1.54) is 33.0 Å². The summed E-state index contributed by atoms with van der Waals surface area (Å²) in [6.07, 6.45) is 1.51. The Labute approximate surface area is 193 Å². The largest absolute Gasteiger partial charge is 0.396 e. The van der Waals surface area contributed by atoms with E-state index in [1.54, 1.807) is 0 Å². The van der Waals surface area contributed by atoms with Crippen LogP contribution in [0.25, 0.3) is 32.9 Å². The number of aromatic nitrogens is 1. The summed E-state index contributed by atoms with van der Waals surface area (Å²) in [4.78, 5) is 13.1. The number of ether oxygens (including phenoxy) is 1. The molecule has 1 amide bonds. The number of aryl methyl sites for hydroxylation is 1. The van der Waals surface area contributed by atoms with E-state index in [0.29, 0.717) is 19.6 Å². The zero-order valence-corrected chi connectivity index (χ0v) is 19.1. The summed E-state index contributed by atoms with van der Waals surface area (Å²) in [5.41, 5.74) is 10.2. The summed E-state index contributed by atoms with van der Waals surface area (Å²) in [5, 5.41) is 15.1. The maximum absolute atomic E-state index is 13.1. The highest BCUT2D eigenvalue weighted by molar-refractivity contribution is 6.20. The Morgan fingerprint density at radius 3 is 2.82 bits per heavy atom. The number of nitrogens with zero attached hydrogens (tertiary/aromatic N) is 1. The summed E-state index contributed by atoms with van der Waals surface area (Å²) >= 11 is 0. The highest BCUT2D eigenvalue weighted by Gasteiger charge is 2.35. The van der Waals surface area contributed by atoms with Gasteiger partial charge in [0, 0.05) is 54.6 Å². The fourth-order valence-corrected chi connectivity index (χ4v) is 5.86. The van der Waals surface area contributed by atoms with Crippen LogP contribution in [-0.2, 0) is 24.2 Å². The lowest BCUT2D eigenvalue weighted by Crippen LogP contribution is -2.13. The van der Waals surface area contributed by atoms with Crippen LogP contribution in [0.4, 0.5) is 0 Å². The first-order valence-corrected chi connectivity index (χ1v) is 11.9. The monoisotopic (exact) mass is 440 g/mol. The van der Waals surface area contributed by atoms with Crippen LogP contribution in [0.3, 0.4) is 0 Å². The first kappa shape index (κ1) is 20.5. The van der Waals surface area contributed by atoms with Gasteiger partial charge < -0.3 is 19.7 Å². The van der Waals surface area contributed by atoms with Crippen molar-refractivity contribution in [1.29, 1.82) is 0 Å². The normalized spacial score (nSPS) is 15.1. The summed E-state index contributed by atoms with van der Waals surface area (Å²) < 4.78 is 8.25. The van der Waals surface area contributed by atoms with Crippen LogP contribution in [0.1, 0.15) is 59.0 Å². The summed E-state index contributed by atoms with van der Waals surface area (Å²) in [5.74, 6) is 0.0231. The molecule has 33 heavy (non-hydrogen) atoms. The minimum absolute atomic E-state index is 0.00160. The number of aliphatic hydroxyl groups excluding tert-OH is 1. The summed E-state index contributed by atoms with van der Waals surface area (Å²) in [6.45, 7) is 6.19. The van der Waals surface area contributed by atoms with Gasteiger partial charge in [-0.2, -0.15) is 0 Å². The van der Waals surface area contributed by atoms with Gasteiger partial charge >= 0.3 is 0 Å². The number of rotatable bonds is 6. The van der Waals surface area contributed by atoms with Crippen LogP contribution >= 0.6 is 0 Å². The van der Waals surface area contributed by atoms with E-state index in [1.807, 2.05) is 6.92 Å². The molecule has 5 heteroatoms. The maximum Gasteiger partial charge on any atom is 0.252 e. The van der Waals surface area contributed by atoms with E-state index < -0.39 is 0 Å². The van der Waals surface area contributed by atoms with Crippen LogP contribution in [0, 0.1) is 0 Å². The number of benzene rings is 3. The van der Waals surface area contributed by atoms with Crippen molar-refractivity contribution >= 4 is 27.7 Å². The molecule has 0 unspecified atom stereocenters. The Kier molecular flexibility index (Phi) is 4.78. The lowest BCUT2D eigenvalue weighted by molar-refractivity contribution is 0.0765. The second-order valence-corrected chi connectivity index (χ2v) is 9.05. The molecular weight excluding hydrogens is 412 g/mol. The van der Waals surface area contributed by atoms with E-state index in [4.69, 9.17) is 4.74 Å². The lowest BCUT2D eigenvalue weighted by Gasteiger charge is -2.13. The zero-order valence-electron chi connectivity index (χ0n) is 19.1. The Morgan fingerprint density at radius 1 is 1.15 bits per heavy atom. The molecule has 2 heterocycles. The molecule has 6 rings (SSSR count). The smallest absolute Gasteiger partial charge is 0.252 e. The first-order valence-electron chi connectivity index (χ1n) is 11.9. The molecule has 0 radical (unpaired) electrons. The molecule has 1 atom stereocenters. The minimum atomic E-state index is 0.00160. The number of carbonyl (C=O) groups is 1. The quantitative estimate of drug-likeness (QED) is 0.387. The highest BCUT2D eigenvalue weighted by atomic mass is 16.5. The Hall–Kier alpha value is -3.15. The van der Waals surface area contributed by atoms with Crippen molar-refractivity contribution in [3.05, 3.63) is 70.3 Å². The molecule has 1 aromatic heterocycles. The van der Waals surface area contributed by atoms with Gasteiger partial charge in [-0.25, -0.2) is 0 Å². The van der Waals surface area contributed by atoms with Gasteiger partial charge in [-0.1, -0.05) is 30.3 Å². The summed E-state index contributed by atoms with van der Waals surface area (Å²) in [6, 6.07) is 15.0. The average molecular weight is 441 g/mol. The number of aliphatic hydroxyl groups is 1. The fourth-order valence-electron chi connectivity index (χ4n) is 5.86. The molecule has 2 N–H and O–H groups in total. The highest BCUT2D eigenvalue weighted by Crippen LogP contribution is 2.48. The Bertz CT molecular complexity index is 1430. The van der Waals surface area contributed by atoms with Crippen molar-refractivity contribution in [3.8, 4) is 11.1 Å². The van der Waals surface area contributed by atoms with E-state index >= 15 is 0 Å². The van der Waals surface area contributed by atoms with Crippen molar-refractivity contribution in [3.63, 3.8) is 0 Å². The summed E-state index contributed by atoms with van der Waals surface area (Å²) in [7, 11) is 0. The number of nitrogens with one attached hydrogen (secondary N) is 1. The molecular formula is C28H28N2O3. The van der Waals surface area contributed by atoms with Crippen molar-refractivity contribution in [2.75, 3.05) is 13.2 Å². The van der Waals surface area contributed by atoms with Crippen LogP contribution in [-0.4, -0.2) is 28.8 Å². The third-order valence-electron chi connectivity index (χ3n) is 7.26. The number of hydrogen-bond acceptors (Lipinski definition) is 3. The minimum Gasteiger partial charge on any atom is -0.396 e. The third-order valence-corrected chi connectivity index (χ3v) is 7.26. The number of fused-ring (bicyclic) bond motifs is 10. The van der Waals surface area contributed by atoms with E-state index in [2.05, 4.69) is 59.3 Å². The van der Waals surface area contributed by atoms with Gasteiger partial charge in [-0.3, -0.25) is 4.79 Å². The van der Waals surface area contributed by atoms with E-state index in [0.717, 1.165) is 40.7 Å². The van der Waals surface area contributed by atoms with Crippen LogP contribution in [0.5, 0.6) is 0 Å². The SMILES string of the molecule is CCO[C@@H](C)c1ccc2c(c1)c1c3c(c4c(c1n2CCCO)Cc1ccccc1-4)C(=O)NC3. The second kappa shape index (κ2) is 7.72. The van der Waals surface area contributed by atoms with Gasteiger partial charge in [0.25, 0.3) is 5.91 Å². The van der Waals surface area contributed by atoms with Crippen LogP contribution < -0.4 is 5.32 Å². The molecule has 1 aliphatic heterocycles. The average Bonchev–Trinajstić information content (AvgIpc) is 3.48. The standard InChI is InChI=1S/C28H28N2O3/c1-3-33-16(2)17-9-10-23-20(13-17)25-22-15-29-28(32)26(22)24-19-8-5-4-7-18(19)14-21(24)27(25)30(23)11-6-12-31/h4-5,7-10,13,16,31H,3,6,11-12,14-15H2,1-2H3,(H,29,32)/t16-/m0/s1. The van der Waals surface area contributed by atoms with Crippen molar-refractivity contribution in [2.24, 2.45) is 0 Å². The number of amides is 1. The molecule has 0 fully saturated rings. The molecule has 1 aliphatic carbocycles. The predicted octanol–water partition coefficient (Wildman–Crippen LogP) is 5.09. The number of carbonyl (C=O) groups excluding carboxylic acids is 1. The molecule has 0 spiro atoms. The lowest BCUT2D eigenvalue weighted by atomic mass is 9.91. The van der Waals surface area contributed by atoms with Crippen LogP contribution in [0.2, 0.25) is 0 Å². The molecule has 3 aromatic carbocycles. The molecule has 2 aliphatic rings. The topological polar surface area (TPSA) is 63.5 Å². The maximum atomic E-state index is 13.1. The van der Waals surface area contributed by atoms with Gasteiger partial charge in [-0.05, 0) is 60.2 Å². The zero-order chi connectivity index (χ0) is 22.7. The van der Waals surface area contributed by atoms with Gasteiger partial charge in [0.2, 0.25) is 0 Å². The van der Waals surface area contributed by atoms with E-state index in [-0.39, 0.29) is 18.6 Å². The third kappa shape index (κ3) is 2.89. The molecule has 0 bridgehead atoms. The second-order valence-electron chi connectivity index (χ2n) is 9.05. The van der Waals surface area contributed by atoms with Crippen molar-refractivity contribution in [1.82, 2.24) is 9.88 Å². The van der Waals surface area contributed by atoms with Gasteiger partial charge in [-0.15, -0.1) is 0 Å². The van der Waals surface area contributed by atoms with Crippen molar-refractivity contribution in [2.45, 2.75) is 45.9 Å². The van der Waals surface area contributed by atoms with Crippen LogP contribution in [0.15, 0.2) is 42.5 Å². The molecule has 4 aromatic rings. The Balaban J connectivity index is 1.74. The molecule has 168 valence electrons. The van der Waals surface area contributed by atoms with Crippen molar-refractivity contribution < 1.29 is 14.6 Å². The Morgan fingerprint density at radius 2 is 2.00 bits per heavy atom. The van der Waals surface area contributed by atoms with Gasteiger partial charge in [0.05, 0.1) is 17.2 Å². The fraction of sp³-hybridized carbons (Fsp3) is 0.321. The first-order chi connectivity index (χ1) is 16.1. The number of hydrogen-bond donors (Lipinski definition) is 2. The molecule has 5 nitrogen and oxygen atoms in total. The van der Waals surface area contributed by atoms with Gasteiger partial charge in [0.15, 0.2) is 0 Å². The predicted molar refractivity (Wildman–Crippen MR) is 131 cm³/mol.